The molecule has 0 heterocycles. The Morgan fingerprint density at radius 1 is 1.50 bits per heavy atom. The molecule has 72 valence electrons. The van der Waals surface area contributed by atoms with Gasteiger partial charge in [-0.15, -0.1) is 0 Å². The molecule has 0 amide bonds. The summed E-state index contributed by atoms with van der Waals surface area (Å²) in [5.74, 6) is 0. The van der Waals surface area contributed by atoms with Crippen molar-refractivity contribution < 1.29 is 0 Å². The lowest BCUT2D eigenvalue weighted by Crippen LogP contribution is -2.50. The summed E-state index contributed by atoms with van der Waals surface area (Å²) < 4.78 is 0. The predicted molar refractivity (Wildman–Crippen MR) is 53.1 cm³/mol. The van der Waals surface area contributed by atoms with E-state index in [1.165, 1.54) is 25.7 Å². The number of hydrogen-bond acceptors (Lipinski definition) is 2. The quantitative estimate of drug-likeness (QED) is 0.658. The third-order valence-corrected chi connectivity index (χ3v) is 2.72. The zero-order chi connectivity index (χ0) is 9.03. The highest BCUT2D eigenvalue weighted by molar-refractivity contribution is 4.85. The van der Waals surface area contributed by atoms with Gasteiger partial charge in [0, 0.05) is 18.1 Å². The van der Waals surface area contributed by atoms with Crippen LogP contribution in [0.5, 0.6) is 0 Å². The van der Waals surface area contributed by atoms with E-state index in [1.807, 2.05) is 0 Å². The van der Waals surface area contributed by atoms with Crippen LogP contribution in [0.4, 0.5) is 0 Å². The maximum Gasteiger partial charge on any atom is 0.0252 e. The van der Waals surface area contributed by atoms with Crippen LogP contribution < -0.4 is 11.1 Å². The smallest absolute Gasteiger partial charge is 0.0252 e. The Labute approximate surface area is 75.9 Å². The first-order valence-electron chi connectivity index (χ1n) is 5.16. The van der Waals surface area contributed by atoms with E-state index in [4.69, 9.17) is 5.73 Å². The van der Waals surface area contributed by atoms with Crippen molar-refractivity contribution in [3.63, 3.8) is 0 Å². The van der Waals surface area contributed by atoms with E-state index in [1.54, 1.807) is 0 Å². The average Bonchev–Trinajstić information content (AvgIpc) is 1.82. The predicted octanol–water partition coefficient (Wildman–Crippen LogP) is 1.65. The first kappa shape index (κ1) is 10.0. The molecular formula is C10H22N2. The Kier molecular flexibility index (Phi) is 3.53. The number of nitrogens with two attached hydrogens (primary N) is 1. The van der Waals surface area contributed by atoms with Gasteiger partial charge < -0.3 is 11.1 Å². The lowest BCUT2D eigenvalue weighted by atomic mass is 9.91. The van der Waals surface area contributed by atoms with Crippen LogP contribution in [0.3, 0.4) is 0 Å². The molecule has 3 N–H and O–H groups in total. The van der Waals surface area contributed by atoms with Crippen LogP contribution in [0.25, 0.3) is 0 Å². The molecule has 1 aliphatic rings. The standard InChI is InChI=1S/C10H22N2/c1-3-7-10(2,11)8-12-9-5-4-6-9/h9,12H,3-8,11H2,1-2H3. The summed E-state index contributed by atoms with van der Waals surface area (Å²) in [6, 6.07) is 0.768. The molecule has 1 unspecified atom stereocenters. The van der Waals surface area contributed by atoms with Crippen molar-refractivity contribution in [1.29, 1.82) is 0 Å². The Morgan fingerprint density at radius 2 is 2.17 bits per heavy atom. The van der Waals surface area contributed by atoms with Crippen LogP contribution >= 0.6 is 0 Å². The molecule has 0 aromatic heterocycles. The molecule has 1 fully saturated rings. The fourth-order valence-electron chi connectivity index (χ4n) is 1.65. The summed E-state index contributed by atoms with van der Waals surface area (Å²) in [6.45, 7) is 5.31. The number of hydrogen-bond donors (Lipinski definition) is 2. The Hall–Kier alpha value is -0.0800. The van der Waals surface area contributed by atoms with Gasteiger partial charge in [0.1, 0.15) is 0 Å². The van der Waals surface area contributed by atoms with Gasteiger partial charge in [-0.3, -0.25) is 0 Å². The van der Waals surface area contributed by atoms with Gasteiger partial charge in [0.2, 0.25) is 0 Å². The molecule has 0 spiro atoms. The molecule has 0 aromatic rings. The zero-order valence-corrected chi connectivity index (χ0v) is 8.40. The second-order valence-corrected chi connectivity index (χ2v) is 4.41. The molecule has 0 aliphatic heterocycles. The third-order valence-electron chi connectivity index (χ3n) is 2.72. The van der Waals surface area contributed by atoms with Gasteiger partial charge in [-0.05, 0) is 26.2 Å². The van der Waals surface area contributed by atoms with Gasteiger partial charge in [0.25, 0.3) is 0 Å². The molecule has 0 radical (unpaired) electrons. The van der Waals surface area contributed by atoms with Gasteiger partial charge >= 0.3 is 0 Å². The third kappa shape index (κ3) is 3.11. The minimum absolute atomic E-state index is 0.00431. The molecule has 0 saturated heterocycles. The molecule has 12 heavy (non-hydrogen) atoms. The second kappa shape index (κ2) is 4.24. The highest BCUT2D eigenvalue weighted by Crippen LogP contribution is 2.18. The molecule has 2 heteroatoms. The van der Waals surface area contributed by atoms with Gasteiger partial charge in [0.05, 0.1) is 0 Å². The first-order chi connectivity index (χ1) is 5.64. The van der Waals surface area contributed by atoms with Gasteiger partial charge in [-0.25, -0.2) is 0 Å². The lowest BCUT2D eigenvalue weighted by Gasteiger charge is -2.32. The van der Waals surface area contributed by atoms with Crippen molar-refractivity contribution in [1.82, 2.24) is 5.32 Å². The van der Waals surface area contributed by atoms with Crippen molar-refractivity contribution in [2.75, 3.05) is 6.54 Å². The SMILES string of the molecule is CCCC(C)(N)CNC1CCC1. The molecule has 1 rings (SSSR count). The normalized spacial score (nSPS) is 23.2. The number of nitrogens with one attached hydrogen (secondary N) is 1. The Bertz CT molecular complexity index is 128. The molecule has 1 atom stereocenters. The fourth-order valence-corrected chi connectivity index (χ4v) is 1.65. The summed E-state index contributed by atoms with van der Waals surface area (Å²) in [5.41, 5.74) is 6.10. The van der Waals surface area contributed by atoms with E-state index < -0.39 is 0 Å². The van der Waals surface area contributed by atoms with Crippen molar-refractivity contribution in [3.05, 3.63) is 0 Å². The largest absolute Gasteiger partial charge is 0.324 e. The van der Waals surface area contributed by atoms with Crippen LogP contribution in [0, 0.1) is 0 Å². The van der Waals surface area contributed by atoms with Gasteiger partial charge in [-0.1, -0.05) is 19.8 Å². The van der Waals surface area contributed by atoms with Crippen LogP contribution in [0.2, 0.25) is 0 Å². The van der Waals surface area contributed by atoms with E-state index in [2.05, 4.69) is 19.2 Å². The van der Waals surface area contributed by atoms with E-state index in [-0.39, 0.29) is 5.54 Å². The fraction of sp³-hybridized carbons (Fsp3) is 1.00. The van der Waals surface area contributed by atoms with E-state index in [0.717, 1.165) is 19.0 Å². The van der Waals surface area contributed by atoms with Crippen molar-refractivity contribution in [2.45, 2.75) is 57.5 Å². The molecule has 2 nitrogen and oxygen atoms in total. The highest BCUT2D eigenvalue weighted by atomic mass is 15.0. The summed E-state index contributed by atoms with van der Waals surface area (Å²) >= 11 is 0. The van der Waals surface area contributed by atoms with E-state index in [9.17, 15) is 0 Å². The van der Waals surface area contributed by atoms with Crippen molar-refractivity contribution in [3.8, 4) is 0 Å². The number of rotatable bonds is 5. The monoisotopic (exact) mass is 170 g/mol. The highest BCUT2D eigenvalue weighted by Gasteiger charge is 2.22. The molecular weight excluding hydrogens is 148 g/mol. The van der Waals surface area contributed by atoms with Crippen LogP contribution in [-0.4, -0.2) is 18.1 Å². The van der Waals surface area contributed by atoms with E-state index in [0.29, 0.717) is 0 Å². The summed E-state index contributed by atoms with van der Waals surface area (Å²) in [5, 5.41) is 3.52. The lowest BCUT2D eigenvalue weighted by molar-refractivity contribution is 0.296. The molecule has 0 aromatic carbocycles. The Morgan fingerprint density at radius 3 is 2.58 bits per heavy atom. The zero-order valence-electron chi connectivity index (χ0n) is 8.40. The van der Waals surface area contributed by atoms with Crippen LogP contribution in [0.15, 0.2) is 0 Å². The summed E-state index contributed by atoms with van der Waals surface area (Å²) in [4.78, 5) is 0. The van der Waals surface area contributed by atoms with E-state index >= 15 is 0 Å². The minimum Gasteiger partial charge on any atom is -0.324 e. The Balaban J connectivity index is 2.10. The topological polar surface area (TPSA) is 38.0 Å². The molecule has 1 aliphatic carbocycles. The van der Waals surface area contributed by atoms with Crippen molar-refractivity contribution in [2.24, 2.45) is 5.73 Å². The van der Waals surface area contributed by atoms with Gasteiger partial charge in [0.15, 0.2) is 0 Å². The van der Waals surface area contributed by atoms with Crippen LogP contribution in [0.1, 0.15) is 46.0 Å². The summed E-state index contributed by atoms with van der Waals surface area (Å²) in [7, 11) is 0. The summed E-state index contributed by atoms with van der Waals surface area (Å²) in [6.07, 6.45) is 6.39. The minimum atomic E-state index is 0.00431. The van der Waals surface area contributed by atoms with Crippen molar-refractivity contribution >= 4 is 0 Å². The molecule has 0 bridgehead atoms. The van der Waals surface area contributed by atoms with Crippen LogP contribution in [-0.2, 0) is 0 Å². The maximum atomic E-state index is 6.09. The first-order valence-corrected chi connectivity index (χ1v) is 5.16. The average molecular weight is 170 g/mol. The maximum absolute atomic E-state index is 6.09. The van der Waals surface area contributed by atoms with Gasteiger partial charge in [-0.2, -0.15) is 0 Å². The molecule has 1 saturated carbocycles. The second-order valence-electron chi connectivity index (χ2n) is 4.41.